The van der Waals surface area contributed by atoms with Crippen molar-refractivity contribution in [1.82, 2.24) is 5.06 Å². The highest BCUT2D eigenvalue weighted by Gasteiger charge is 2.48. The number of hydrogen-bond donors (Lipinski definition) is 0. The molecular weight excluding hydrogens is 388 g/mol. The molecule has 5 heterocycles. The number of imide groups is 1. The molecule has 0 saturated carbocycles. The van der Waals surface area contributed by atoms with Crippen molar-refractivity contribution in [2.75, 3.05) is 18.0 Å². The molecule has 3 unspecified atom stereocenters. The van der Waals surface area contributed by atoms with Gasteiger partial charge < -0.3 is 19.2 Å². The summed E-state index contributed by atoms with van der Waals surface area (Å²) in [6, 6.07) is 2.21. The molecule has 5 aliphatic heterocycles. The lowest BCUT2D eigenvalue weighted by atomic mass is 9.83. The second-order valence-corrected chi connectivity index (χ2v) is 8.82. The topological polar surface area (TPSA) is 88.7 Å². The number of rotatable bonds is 3. The molecular formula is C22H24N2O6. The molecule has 30 heavy (non-hydrogen) atoms. The van der Waals surface area contributed by atoms with E-state index in [4.69, 9.17) is 14.3 Å². The Hall–Kier alpha value is -2.61. The summed E-state index contributed by atoms with van der Waals surface area (Å²) in [5, 5.41) is 0.626. The van der Waals surface area contributed by atoms with Crippen LogP contribution in [0, 0.1) is 0 Å². The zero-order chi connectivity index (χ0) is 20.4. The Morgan fingerprint density at radius 2 is 1.87 bits per heavy atom. The Labute approximate surface area is 174 Å². The van der Waals surface area contributed by atoms with Gasteiger partial charge in [0.15, 0.2) is 0 Å². The van der Waals surface area contributed by atoms with Gasteiger partial charge in [-0.25, -0.2) is 4.79 Å². The maximum atomic E-state index is 12.6. The Morgan fingerprint density at radius 3 is 2.67 bits per heavy atom. The molecule has 2 amide bonds. The molecule has 8 heteroatoms. The first-order valence-electron chi connectivity index (χ1n) is 10.9. The Kier molecular flexibility index (Phi) is 4.06. The van der Waals surface area contributed by atoms with Gasteiger partial charge in [0.05, 0.1) is 6.42 Å². The van der Waals surface area contributed by atoms with Gasteiger partial charge in [-0.05, 0) is 49.3 Å². The number of ether oxygens (including phenoxy) is 2. The molecule has 5 aliphatic rings. The molecule has 0 spiro atoms. The van der Waals surface area contributed by atoms with Gasteiger partial charge in [-0.2, -0.15) is 0 Å². The normalized spacial score (nSPS) is 28.9. The summed E-state index contributed by atoms with van der Waals surface area (Å²) >= 11 is 0. The number of hydroxylamine groups is 2. The van der Waals surface area contributed by atoms with Crippen LogP contribution in [0.25, 0.3) is 0 Å². The van der Waals surface area contributed by atoms with E-state index in [0.717, 1.165) is 50.1 Å². The predicted octanol–water partition coefficient (Wildman–Crippen LogP) is 1.97. The van der Waals surface area contributed by atoms with Gasteiger partial charge in [0.25, 0.3) is 11.8 Å². The van der Waals surface area contributed by atoms with Gasteiger partial charge in [0.1, 0.15) is 11.9 Å². The Bertz CT molecular complexity index is 941. The van der Waals surface area contributed by atoms with Crippen molar-refractivity contribution in [2.24, 2.45) is 0 Å². The van der Waals surface area contributed by atoms with E-state index < -0.39 is 17.8 Å². The first kappa shape index (κ1) is 18.2. The number of benzene rings is 1. The monoisotopic (exact) mass is 412 g/mol. The van der Waals surface area contributed by atoms with E-state index in [2.05, 4.69) is 11.0 Å². The quantitative estimate of drug-likeness (QED) is 0.554. The maximum absolute atomic E-state index is 12.6. The van der Waals surface area contributed by atoms with E-state index in [9.17, 15) is 14.4 Å². The average Bonchev–Trinajstić information content (AvgIpc) is 3.42. The zero-order valence-electron chi connectivity index (χ0n) is 16.7. The summed E-state index contributed by atoms with van der Waals surface area (Å²) in [7, 11) is 0. The second kappa shape index (κ2) is 6.70. The number of anilines is 1. The third-order valence-electron chi connectivity index (χ3n) is 6.84. The van der Waals surface area contributed by atoms with Crippen molar-refractivity contribution in [3.8, 4) is 5.75 Å². The molecule has 1 aromatic carbocycles. The molecule has 1 aromatic rings. The molecule has 0 aliphatic carbocycles. The van der Waals surface area contributed by atoms with Crippen LogP contribution in [-0.4, -0.2) is 48.3 Å². The molecule has 0 bridgehead atoms. The van der Waals surface area contributed by atoms with Crippen LogP contribution in [0.1, 0.15) is 61.1 Å². The number of epoxide rings is 1. The molecule has 8 nitrogen and oxygen atoms in total. The third kappa shape index (κ3) is 2.88. The highest BCUT2D eigenvalue weighted by Crippen LogP contribution is 2.50. The molecule has 0 aromatic heterocycles. The first-order chi connectivity index (χ1) is 14.6. The lowest BCUT2D eigenvalue weighted by Crippen LogP contribution is -2.35. The molecule has 0 radical (unpaired) electrons. The molecule has 6 rings (SSSR count). The van der Waals surface area contributed by atoms with E-state index in [0.29, 0.717) is 11.5 Å². The van der Waals surface area contributed by atoms with Crippen LogP contribution < -0.4 is 9.64 Å². The summed E-state index contributed by atoms with van der Waals surface area (Å²) in [6.45, 7) is 2.16. The van der Waals surface area contributed by atoms with Crippen molar-refractivity contribution in [2.45, 2.75) is 69.7 Å². The van der Waals surface area contributed by atoms with Gasteiger partial charge in [-0.1, -0.05) is 0 Å². The number of nitrogens with zero attached hydrogens (tertiary/aromatic N) is 2. The highest BCUT2D eigenvalue weighted by molar-refractivity contribution is 6.01. The second-order valence-electron chi connectivity index (χ2n) is 8.82. The highest BCUT2D eigenvalue weighted by atomic mass is 16.8. The minimum atomic E-state index is -0.568. The Balaban J connectivity index is 1.33. The lowest BCUT2D eigenvalue weighted by Gasteiger charge is -2.38. The number of carbonyl (C=O) groups excluding carboxylic acids is 3. The van der Waals surface area contributed by atoms with E-state index in [-0.39, 0.29) is 37.6 Å². The summed E-state index contributed by atoms with van der Waals surface area (Å²) in [5.74, 6) is -0.737. The van der Waals surface area contributed by atoms with Crippen molar-refractivity contribution in [1.29, 1.82) is 0 Å². The maximum Gasteiger partial charge on any atom is 0.333 e. The fourth-order valence-electron chi connectivity index (χ4n) is 5.41. The number of aryl methyl sites for hydroxylation is 1. The van der Waals surface area contributed by atoms with Crippen LogP contribution in [0.5, 0.6) is 5.75 Å². The van der Waals surface area contributed by atoms with Gasteiger partial charge >= 0.3 is 5.97 Å². The third-order valence-corrected chi connectivity index (χ3v) is 6.84. The molecule has 3 atom stereocenters. The first-order valence-corrected chi connectivity index (χ1v) is 10.9. The minimum Gasteiger partial charge on any atom is -0.461 e. The van der Waals surface area contributed by atoms with Crippen LogP contribution >= 0.6 is 0 Å². The molecule has 2 fully saturated rings. The summed E-state index contributed by atoms with van der Waals surface area (Å²) in [5.41, 5.74) is 4.94. The van der Waals surface area contributed by atoms with E-state index >= 15 is 0 Å². The van der Waals surface area contributed by atoms with Gasteiger partial charge in [-0.3, -0.25) is 9.59 Å². The molecule has 2 saturated heterocycles. The van der Waals surface area contributed by atoms with Gasteiger partial charge in [-0.15, -0.1) is 5.06 Å². The lowest BCUT2D eigenvalue weighted by molar-refractivity contribution is -0.197. The fourth-order valence-corrected chi connectivity index (χ4v) is 5.41. The van der Waals surface area contributed by atoms with Crippen LogP contribution in [0.3, 0.4) is 0 Å². The Morgan fingerprint density at radius 1 is 1.10 bits per heavy atom. The number of hydrogen-bond acceptors (Lipinski definition) is 7. The number of fused-ring (bicyclic) bond motifs is 3. The fraction of sp³-hybridized carbons (Fsp3) is 0.591. The average molecular weight is 412 g/mol. The van der Waals surface area contributed by atoms with Crippen LogP contribution in [0.2, 0.25) is 0 Å². The van der Waals surface area contributed by atoms with Gasteiger partial charge in [0.2, 0.25) is 6.29 Å². The SMILES string of the molecule is O=C(CC1CC2OC2Oc2c1cc1c3c2CCCN3CCC1)ON1C(=O)CCC1=O. The minimum absolute atomic E-state index is 0.0332. The summed E-state index contributed by atoms with van der Waals surface area (Å²) in [4.78, 5) is 43.8. The van der Waals surface area contributed by atoms with Crippen molar-refractivity contribution in [3.05, 3.63) is 22.8 Å². The van der Waals surface area contributed by atoms with Crippen LogP contribution in [-0.2, 0) is 36.8 Å². The van der Waals surface area contributed by atoms with Gasteiger partial charge in [0, 0.05) is 43.1 Å². The van der Waals surface area contributed by atoms with Crippen LogP contribution in [0.15, 0.2) is 6.07 Å². The molecule has 158 valence electrons. The van der Waals surface area contributed by atoms with Crippen LogP contribution in [0.4, 0.5) is 5.69 Å². The zero-order valence-corrected chi connectivity index (χ0v) is 16.7. The van der Waals surface area contributed by atoms with Crippen molar-refractivity contribution >= 4 is 23.5 Å². The van der Waals surface area contributed by atoms with E-state index in [1.165, 1.54) is 16.8 Å². The predicted molar refractivity (Wildman–Crippen MR) is 104 cm³/mol. The van der Waals surface area contributed by atoms with E-state index in [1.807, 2.05) is 0 Å². The smallest absolute Gasteiger partial charge is 0.333 e. The number of carbonyl (C=O) groups is 3. The molecule has 0 N–H and O–H groups in total. The summed E-state index contributed by atoms with van der Waals surface area (Å²) < 4.78 is 11.9. The van der Waals surface area contributed by atoms with Crippen molar-refractivity contribution < 1.29 is 28.7 Å². The van der Waals surface area contributed by atoms with E-state index in [1.54, 1.807) is 0 Å². The largest absolute Gasteiger partial charge is 0.461 e. The number of amides is 2. The summed E-state index contributed by atoms with van der Waals surface area (Å²) in [6.07, 6.45) is 4.87. The van der Waals surface area contributed by atoms with Crippen molar-refractivity contribution in [3.63, 3.8) is 0 Å². The standard InChI is InChI=1S/C22H24N2O6/c25-17-5-6-18(26)24(17)30-19(27)11-13-10-16-22(28-16)29-21-14-4-2-8-23-7-1-3-12(20(14)23)9-15(13)21/h9,13,16,22H,1-8,10-11H2.